The molecule has 0 bridgehead atoms. The van der Waals surface area contributed by atoms with Gasteiger partial charge in [0.05, 0.1) is 25.7 Å². The normalized spacial score (nSPS) is 29.9. The van der Waals surface area contributed by atoms with Crippen LogP contribution in [0.25, 0.3) is 0 Å². The molecule has 1 amide bonds. The van der Waals surface area contributed by atoms with Crippen molar-refractivity contribution in [3.63, 3.8) is 0 Å². The van der Waals surface area contributed by atoms with Gasteiger partial charge >= 0.3 is 0 Å². The summed E-state index contributed by atoms with van der Waals surface area (Å²) in [5.41, 5.74) is 1.25. The summed E-state index contributed by atoms with van der Waals surface area (Å²) in [6.07, 6.45) is 2.51. The molecule has 0 unspecified atom stereocenters. The summed E-state index contributed by atoms with van der Waals surface area (Å²) in [4.78, 5) is 17.2. The summed E-state index contributed by atoms with van der Waals surface area (Å²) in [6.45, 7) is 5.23. The molecule has 3 aliphatic heterocycles. The molecule has 3 aliphatic rings. The van der Waals surface area contributed by atoms with Gasteiger partial charge in [-0.25, -0.2) is 0 Å². The second-order valence-corrected chi connectivity index (χ2v) is 7.22. The molecule has 5 nitrogen and oxygen atoms in total. The predicted octanol–water partition coefficient (Wildman–Crippen LogP) is 1.76. The van der Waals surface area contributed by atoms with Crippen LogP contribution >= 0.6 is 0 Å². The number of hydrogen-bond donors (Lipinski definition) is 0. The van der Waals surface area contributed by atoms with E-state index in [9.17, 15) is 4.79 Å². The average Bonchev–Trinajstić information content (AvgIpc) is 3.31. The minimum absolute atomic E-state index is 0.0587. The van der Waals surface area contributed by atoms with Crippen LogP contribution in [0.4, 0.5) is 0 Å². The van der Waals surface area contributed by atoms with E-state index < -0.39 is 0 Å². The van der Waals surface area contributed by atoms with Crippen molar-refractivity contribution >= 4 is 5.91 Å². The molecule has 3 atom stereocenters. The molecule has 3 heterocycles. The van der Waals surface area contributed by atoms with E-state index in [4.69, 9.17) is 9.47 Å². The second kappa shape index (κ2) is 6.73. The van der Waals surface area contributed by atoms with E-state index in [2.05, 4.69) is 17.0 Å². The summed E-state index contributed by atoms with van der Waals surface area (Å²) in [6, 6.07) is 8.21. The number of nitrogens with zero attached hydrogens (tertiary/aromatic N) is 2. The number of hydrogen-bond acceptors (Lipinski definition) is 4. The fourth-order valence-electron chi connectivity index (χ4n) is 4.38. The summed E-state index contributed by atoms with van der Waals surface area (Å²) >= 11 is 0. The number of likely N-dealkylation sites (tertiary alicyclic amines) is 2. The molecule has 0 radical (unpaired) electrons. The minimum atomic E-state index is 0.0587. The summed E-state index contributed by atoms with van der Waals surface area (Å²) in [5, 5.41) is 0. The highest BCUT2D eigenvalue weighted by atomic mass is 16.5. The van der Waals surface area contributed by atoms with Gasteiger partial charge in [0.2, 0.25) is 5.91 Å². The van der Waals surface area contributed by atoms with Crippen molar-refractivity contribution < 1.29 is 14.3 Å². The van der Waals surface area contributed by atoms with E-state index in [1.165, 1.54) is 5.56 Å². The Morgan fingerprint density at radius 2 is 2.12 bits per heavy atom. The maximum atomic E-state index is 12.7. The maximum Gasteiger partial charge on any atom is 0.228 e. The topological polar surface area (TPSA) is 42.0 Å². The lowest BCUT2D eigenvalue weighted by Gasteiger charge is -2.23. The van der Waals surface area contributed by atoms with Crippen molar-refractivity contribution in [3.05, 3.63) is 29.8 Å². The lowest BCUT2D eigenvalue weighted by atomic mass is 9.92. The molecule has 5 heteroatoms. The highest BCUT2D eigenvalue weighted by Crippen LogP contribution is 2.36. The molecule has 1 aromatic carbocycles. The van der Waals surface area contributed by atoms with Gasteiger partial charge in [-0.15, -0.1) is 0 Å². The number of methoxy groups -OCH3 is 1. The fourth-order valence-corrected chi connectivity index (χ4v) is 4.38. The molecule has 1 aromatic rings. The fraction of sp³-hybridized carbons (Fsp3) is 0.632. The van der Waals surface area contributed by atoms with Gasteiger partial charge in [0, 0.05) is 38.6 Å². The zero-order valence-corrected chi connectivity index (χ0v) is 14.3. The second-order valence-electron chi connectivity index (χ2n) is 7.22. The van der Waals surface area contributed by atoms with E-state index in [1.807, 2.05) is 17.0 Å². The lowest BCUT2D eigenvalue weighted by Crippen LogP contribution is -2.38. The zero-order valence-electron chi connectivity index (χ0n) is 14.3. The molecular weight excluding hydrogens is 304 g/mol. The Balaban J connectivity index is 1.39. The van der Waals surface area contributed by atoms with Crippen molar-refractivity contribution in [1.82, 2.24) is 9.80 Å². The van der Waals surface area contributed by atoms with Gasteiger partial charge in [-0.2, -0.15) is 0 Å². The number of amides is 1. The van der Waals surface area contributed by atoms with Gasteiger partial charge in [-0.1, -0.05) is 12.1 Å². The van der Waals surface area contributed by atoms with Crippen LogP contribution in [-0.4, -0.2) is 61.7 Å². The molecule has 24 heavy (non-hydrogen) atoms. The van der Waals surface area contributed by atoms with Crippen LogP contribution < -0.4 is 4.74 Å². The third kappa shape index (κ3) is 3.03. The SMILES string of the molecule is COc1cccc(CN2C[C@@H]3[C@@H](C(=O)N4CCCC4)CO[C@@H]3C2)c1. The third-order valence-corrected chi connectivity index (χ3v) is 5.67. The van der Waals surface area contributed by atoms with Gasteiger partial charge in [0.15, 0.2) is 0 Å². The van der Waals surface area contributed by atoms with E-state index in [0.29, 0.717) is 18.4 Å². The molecular formula is C19H26N2O3. The summed E-state index contributed by atoms with van der Waals surface area (Å²) in [7, 11) is 1.70. The number of carbonyl (C=O) groups excluding carboxylic acids is 1. The molecule has 3 fully saturated rings. The Kier molecular flexibility index (Phi) is 4.46. The number of carbonyl (C=O) groups is 1. The Labute approximate surface area is 143 Å². The quantitative estimate of drug-likeness (QED) is 0.844. The standard InChI is InChI=1S/C19H26N2O3/c1-23-15-6-4-5-14(9-15)10-20-11-16-17(13-24-18(16)12-20)19(22)21-7-2-3-8-21/h4-6,9,16-18H,2-3,7-8,10-13H2,1H3/t16-,17+,18-/m1/s1. The van der Waals surface area contributed by atoms with Gasteiger partial charge in [0.1, 0.15) is 5.75 Å². The highest BCUT2D eigenvalue weighted by Gasteiger charge is 2.47. The first-order chi connectivity index (χ1) is 11.7. The third-order valence-electron chi connectivity index (χ3n) is 5.67. The van der Waals surface area contributed by atoms with Crippen LogP contribution in [0.2, 0.25) is 0 Å². The van der Waals surface area contributed by atoms with Crippen molar-refractivity contribution in [2.75, 3.05) is 39.9 Å². The van der Waals surface area contributed by atoms with E-state index >= 15 is 0 Å². The van der Waals surface area contributed by atoms with Crippen molar-refractivity contribution in [1.29, 1.82) is 0 Å². The largest absolute Gasteiger partial charge is 0.497 e. The zero-order chi connectivity index (χ0) is 16.5. The first-order valence-electron chi connectivity index (χ1n) is 9.00. The highest BCUT2D eigenvalue weighted by molar-refractivity contribution is 5.80. The predicted molar refractivity (Wildman–Crippen MR) is 90.8 cm³/mol. The van der Waals surface area contributed by atoms with Crippen LogP contribution in [0, 0.1) is 11.8 Å². The lowest BCUT2D eigenvalue weighted by molar-refractivity contribution is -0.135. The molecule has 0 aliphatic carbocycles. The van der Waals surface area contributed by atoms with Crippen LogP contribution in [-0.2, 0) is 16.1 Å². The average molecular weight is 330 g/mol. The van der Waals surface area contributed by atoms with Gasteiger partial charge in [-0.3, -0.25) is 9.69 Å². The monoisotopic (exact) mass is 330 g/mol. The van der Waals surface area contributed by atoms with Crippen molar-refractivity contribution in [2.45, 2.75) is 25.5 Å². The van der Waals surface area contributed by atoms with Gasteiger partial charge in [-0.05, 0) is 30.5 Å². The summed E-state index contributed by atoms with van der Waals surface area (Å²) in [5.74, 6) is 1.63. The molecule has 0 N–H and O–H groups in total. The molecule has 0 aromatic heterocycles. The van der Waals surface area contributed by atoms with Crippen LogP contribution in [0.1, 0.15) is 18.4 Å². The first kappa shape index (κ1) is 15.9. The minimum Gasteiger partial charge on any atom is -0.497 e. The summed E-state index contributed by atoms with van der Waals surface area (Å²) < 4.78 is 11.3. The number of ether oxygens (including phenoxy) is 2. The molecule has 0 spiro atoms. The molecule has 0 saturated carbocycles. The number of rotatable bonds is 4. The Bertz CT molecular complexity index is 600. The Morgan fingerprint density at radius 3 is 2.92 bits per heavy atom. The maximum absolute atomic E-state index is 12.7. The number of fused-ring (bicyclic) bond motifs is 1. The van der Waals surface area contributed by atoms with Crippen molar-refractivity contribution in [3.8, 4) is 5.75 Å². The van der Waals surface area contributed by atoms with Gasteiger partial charge < -0.3 is 14.4 Å². The Morgan fingerprint density at radius 1 is 1.29 bits per heavy atom. The molecule has 3 saturated heterocycles. The van der Waals surface area contributed by atoms with Crippen molar-refractivity contribution in [2.24, 2.45) is 11.8 Å². The number of benzene rings is 1. The van der Waals surface area contributed by atoms with E-state index in [1.54, 1.807) is 7.11 Å². The smallest absolute Gasteiger partial charge is 0.228 e. The Hall–Kier alpha value is -1.59. The van der Waals surface area contributed by atoms with E-state index in [-0.39, 0.29) is 12.0 Å². The van der Waals surface area contributed by atoms with Crippen LogP contribution in [0.3, 0.4) is 0 Å². The van der Waals surface area contributed by atoms with Crippen LogP contribution in [0.15, 0.2) is 24.3 Å². The van der Waals surface area contributed by atoms with E-state index in [0.717, 1.165) is 51.3 Å². The first-order valence-corrected chi connectivity index (χ1v) is 9.00. The van der Waals surface area contributed by atoms with Crippen LogP contribution in [0.5, 0.6) is 5.75 Å². The van der Waals surface area contributed by atoms with Gasteiger partial charge in [0.25, 0.3) is 0 Å². The molecule has 130 valence electrons. The molecule has 4 rings (SSSR count).